The van der Waals surface area contributed by atoms with Crippen molar-refractivity contribution in [3.8, 4) is 11.5 Å². The highest BCUT2D eigenvalue weighted by Gasteiger charge is 2.07. The lowest BCUT2D eigenvalue weighted by atomic mass is 10.1. The van der Waals surface area contributed by atoms with E-state index in [-0.39, 0.29) is 24.0 Å². The minimum absolute atomic E-state index is 0. The van der Waals surface area contributed by atoms with Crippen LogP contribution in [0.2, 0.25) is 0 Å². The topological polar surface area (TPSA) is 72.1 Å². The van der Waals surface area contributed by atoms with E-state index in [9.17, 15) is 0 Å². The molecule has 154 valence electrons. The average Bonchev–Trinajstić information content (AvgIpc) is 2.71. The first-order chi connectivity index (χ1) is 13.1. The molecule has 2 aromatic carbocycles. The van der Waals surface area contributed by atoms with Crippen LogP contribution in [0.15, 0.2) is 47.5 Å². The molecular formula is C21H31IN4O2. The number of hydrogen-bond donors (Lipinski definition) is 2. The Balaban J connectivity index is 0.00000392. The summed E-state index contributed by atoms with van der Waals surface area (Å²) in [6.07, 6.45) is 0. The lowest BCUT2D eigenvalue weighted by Crippen LogP contribution is -2.24. The van der Waals surface area contributed by atoms with Gasteiger partial charge in [0.05, 0.1) is 20.8 Å². The number of methoxy groups -OCH3 is 2. The molecule has 0 saturated carbocycles. The number of anilines is 1. The van der Waals surface area contributed by atoms with Crippen LogP contribution in [-0.2, 0) is 13.1 Å². The van der Waals surface area contributed by atoms with Crippen LogP contribution in [-0.4, -0.2) is 38.2 Å². The highest BCUT2D eigenvalue weighted by molar-refractivity contribution is 14.0. The third-order valence-electron chi connectivity index (χ3n) is 4.48. The van der Waals surface area contributed by atoms with Gasteiger partial charge in [0.2, 0.25) is 0 Å². The summed E-state index contributed by atoms with van der Waals surface area (Å²) in [5, 5.41) is 3.10. The van der Waals surface area contributed by atoms with E-state index in [1.54, 1.807) is 14.2 Å². The number of ether oxygens (including phenoxy) is 2. The van der Waals surface area contributed by atoms with Crippen LogP contribution in [0.1, 0.15) is 25.0 Å². The van der Waals surface area contributed by atoms with Gasteiger partial charge in [0.25, 0.3) is 0 Å². The smallest absolute Gasteiger partial charge is 0.193 e. The molecule has 0 radical (unpaired) electrons. The Morgan fingerprint density at radius 1 is 1.00 bits per heavy atom. The average molecular weight is 498 g/mol. The summed E-state index contributed by atoms with van der Waals surface area (Å²) in [7, 11) is 3.21. The van der Waals surface area contributed by atoms with Crippen molar-refractivity contribution < 1.29 is 9.47 Å². The summed E-state index contributed by atoms with van der Waals surface area (Å²) in [6, 6.07) is 13.9. The summed E-state index contributed by atoms with van der Waals surface area (Å²) >= 11 is 0. The molecule has 0 aliphatic carbocycles. The number of aliphatic imine (C=N–C) groups is 1. The maximum absolute atomic E-state index is 6.08. The van der Waals surface area contributed by atoms with Crippen LogP contribution in [0.3, 0.4) is 0 Å². The molecular weight excluding hydrogens is 467 g/mol. The fraction of sp³-hybridized carbons (Fsp3) is 0.381. The van der Waals surface area contributed by atoms with Gasteiger partial charge in [0.1, 0.15) is 0 Å². The van der Waals surface area contributed by atoms with Gasteiger partial charge in [-0.1, -0.05) is 38.1 Å². The summed E-state index contributed by atoms with van der Waals surface area (Å²) < 4.78 is 10.6. The molecule has 0 heterocycles. The van der Waals surface area contributed by atoms with Gasteiger partial charge in [0, 0.05) is 18.3 Å². The van der Waals surface area contributed by atoms with Crippen molar-refractivity contribution in [1.82, 2.24) is 4.90 Å². The second-order valence-electron chi connectivity index (χ2n) is 6.13. The highest BCUT2D eigenvalue weighted by Crippen LogP contribution is 2.29. The second-order valence-corrected chi connectivity index (χ2v) is 6.13. The van der Waals surface area contributed by atoms with Crippen molar-refractivity contribution in [2.75, 3.05) is 32.6 Å². The molecule has 2 aromatic rings. The van der Waals surface area contributed by atoms with Crippen LogP contribution in [0.4, 0.5) is 5.69 Å². The summed E-state index contributed by atoms with van der Waals surface area (Å²) in [6.45, 7) is 7.85. The quantitative estimate of drug-likeness (QED) is 0.310. The summed E-state index contributed by atoms with van der Waals surface area (Å²) in [5.41, 5.74) is 9.34. The third kappa shape index (κ3) is 6.87. The highest BCUT2D eigenvalue weighted by atomic mass is 127. The molecule has 0 saturated heterocycles. The molecule has 7 heteroatoms. The van der Waals surface area contributed by atoms with Crippen LogP contribution >= 0.6 is 24.0 Å². The Kier molecular flexibility index (Phi) is 10.7. The van der Waals surface area contributed by atoms with Crippen LogP contribution < -0.4 is 20.5 Å². The van der Waals surface area contributed by atoms with Gasteiger partial charge in [-0.3, -0.25) is 4.90 Å². The number of nitrogens with two attached hydrogens (primary N) is 1. The number of nitrogens with one attached hydrogen (secondary N) is 1. The van der Waals surface area contributed by atoms with Gasteiger partial charge in [-0.15, -0.1) is 24.0 Å². The van der Waals surface area contributed by atoms with Gasteiger partial charge in [-0.2, -0.15) is 0 Å². The molecule has 0 aliphatic rings. The Morgan fingerprint density at radius 3 is 2.25 bits per heavy atom. The summed E-state index contributed by atoms with van der Waals surface area (Å²) in [5.74, 6) is 1.67. The number of benzene rings is 2. The standard InChI is InChI=1S/C21H30N4O2.HI/c1-5-25(6-2)15-17-10-8-7-9-16(17)14-23-21(22)24-18-11-12-19(26-3)20(13-18)27-4;/h7-13H,5-6,14-15H2,1-4H3,(H3,22,23,24);1H. The monoisotopic (exact) mass is 498 g/mol. The fourth-order valence-electron chi connectivity index (χ4n) is 2.83. The van der Waals surface area contributed by atoms with Crippen LogP contribution in [0, 0.1) is 0 Å². The lowest BCUT2D eigenvalue weighted by Gasteiger charge is -2.19. The van der Waals surface area contributed by atoms with E-state index >= 15 is 0 Å². The van der Waals surface area contributed by atoms with E-state index in [0.717, 1.165) is 25.3 Å². The van der Waals surface area contributed by atoms with Crippen LogP contribution in [0.5, 0.6) is 11.5 Å². The van der Waals surface area contributed by atoms with Gasteiger partial charge in [-0.25, -0.2) is 4.99 Å². The first kappa shape index (κ1) is 24.0. The Bertz CT molecular complexity index is 764. The molecule has 0 spiro atoms. The molecule has 0 bridgehead atoms. The molecule has 0 amide bonds. The zero-order valence-electron chi connectivity index (χ0n) is 17.1. The molecule has 6 nitrogen and oxygen atoms in total. The van der Waals surface area contributed by atoms with Crippen molar-refractivity contribution in [2.24, 2.45) is 10.7 Å². The number of nitrogens with zero attached hydrogens (tertiary/aromatic N) is 2. The van der Waals surface area contributed by atoms with Crippen molar-refractivity contribution in [3.05, 3.63) is 53.6 Å². The molecule has 0 atom stereocenters. The maximum atomic E-state index is 6.08. The zero-order valence-corrected chi connectivity index (χ0v) is 19.4. The van der Waals surface area contributed by atoms with E-state index in [4.69, 9.17) is 15.2 Å². The predicted molar refractivity (Wildman–Crippen MR) is 127 cm³/mol. The third-order valence-corrected chi connectivity index (χ3v) is 4.48. The molecule has 0 aliphatic heterocycles. The normalized spacial score (nSPS) is 11.1. The van der Waals surface area contributed by atoms with Crippen LogP contribution in [0.25, 0.3) is 0 Å². The second kappa shape index (κ2) is 12.5. The van der Waals surface area contributed by atoms with E-state index in [1.807, 2.05) is 24.3 Å². The molecule has 0 aromatic heterocycles. The van der Waals surface area contributed by atoms with Crippen molar-refractivity contribution in [3.63, 3.8) is 0 Å². The van der Waals surface area contributed by atoms with Gasteiger partial charge in [-0.05, 0) is 36.3 Å². The molecule has 3 N–H and O–H groups in total. The number of guanidine groups is 1. The van der Waals surface area contributed by atoms with E-state index in [0.29, 0.717) is 24.0 Å². The Hall–Kier alpha value is -2.00. The van der Waals surface area contributed by atoms with E-state index in [2.05, 4.69) is 47.3 Å². The maximum Gasteiger partial charge on any atom is 0.193 e. The predicted octanol–water partition coefficient (Wildman–Crippen LogP) is 4.09. The largest absolute Gasteiger partial charge is 0.493 e. The lowest BCUT2D eigenvalue weighted by molar-refractivity contribution is 0.295. The minimum atomic E-state index is 0. The first-order valence-corrected chi connectivity index (χ1v) is 9.19. The molecule has 0 unspecified atom stereocenters. The van der Waals surface area contributed by atoms with Crippen molar-refractivity contribution in [2.45, 2.75) is 26.9 Å². The molecule has 0 fully saturated rings. The van der Waals surface area contributed by atoms with Crippen molar-refractivity contribution in [1.29, 1.82) is 0 Å². The minimum Gasteiger partial charge on any atom is -0.493 e. The fourth-order valence-corrected chi connectivity index (χ4v) is 2.83. The number of hydrogen-bond acceptors (Lipinski definition) is 4. The SMILES string of the molecule is CCN(CC)Cc1ccccc1CN=C(N)Nc1ccc(OC)c(OC)c1.I. The van der Waals surface area contributed by atoms with Gasteiger partial charge < -0.3 is 20.5 Å². The number of rotatable bonds is 9. The first-order valence-electron chi connectivity index (χ1n) is 9.19. The zero-order chi connectivity index (χ0) is 19.6. The van der Waals surface area contributed by atoms with E-state index < -0.39 is 0 Å². The number of halogens is 1. The Morgan fingerprint density at radius 2 is 1.64 bits per heavy atom. The van der Waals surface area contributed by atoms with E-state index in [1.165, 1.54) is 11.1 Å². The summed E-state index contributed by atoms with van der Waals surface area (Å²) in [4.78, 5) is 6.88. The Labute approximate surface area is 185 Å². The van der Waals surface area contributed by atoms with Gasteiger partial charge in [0.15, 0.2) is 17.5 Å². The van der Waals surface area contributed by atoms with Crippen molar-refractivity contribution >= 4 is 35.6 Å². The molecule has 2 rings (SSSR count). The molecule has 28 heavy (non-hydrogen) atoms. The van der Waals surface area contributed by atoms with Gasteiger partial charge >= 0.3 is 0 Å².